The fourth-order valence-corrected chi connectivity index (χ4v) is 9.83. The highest BCUT2D eigenvalue weighted by atomic mass is 16.6. The summed E-state index contributed by atoms with van der Waals surface area (Å²) in [4.78, 5) is 52.6. The lowest BCUT2D eigenvalue weighted by atomic mass is 9.70. The monoisotopic (exact) mass is 832 g/mol. The van der Waals surface area contributed by atoms with E-state index >= 15 is 0 Å². The van der Waals surface area contributed by atoms with Gasteiger partial charge in [0, 0.05) is 71.8 Å². The van der Waals surface area contributed by atoms with E-state index < -0.39 is 23.2 Å². The first-order valence-electron chi connectivity index (χ1n) is 22.4. The maximum atomic E-state index is 14.1. The molecule has 2 fully saturated rings. The molecule has 2 aliphatic heterocycles. The molecule has 1 atom stereocenters. The lowest BCUT2D eigenvalue weighted by molar-refractivity contribution is -0.123. The van der Waals surface area contributed by atoms with Gasteiger partial charge in [0.25, 0.3) is 0 Å². The van der Waals surface area contributed by atoms with Crippen LogP contribution in [0.15, 0.2) is 42.7 Å². The van der Waals surface area contributed by atoms with Crippen LogP contribution >= 0.6 is 0 Å². The van der Waals surface area contributed by atoms with E-state index in [1.807, 2.05) is 16.7 Å². The summed E-state index contributed by atoms with van der Waals surface area (Å²) in [6.07, 6.45) is 11.7. The number of imidazole rings is 1. The number of hydrogen-bond donors (Lipinski definition) is 4. The van der Waals surface area contributed by atoms with Gasteiger partial charge in [-0.25, -0.2) is 9.78 Å². The van der Waals surface area contributed by atoms with Gasteiger partial charge in [-0.2, -0.15) is 5.26 Å². The zero-order valence-electron chi connectivity index (χ0n) is 37.0. The van der Waals surface area contributed by atoms with Crippen LogP contribution in [-0.4, -0.2) is 88.1 Å². The first-order valence-corrected chi connectivity index (χ1v) is 22.4. The lowest BCUT2D eigenvalue weighted by Crippen LogP contribution is -2.48. The number of anilines is 2. The number of piperidine rings is 2. The van der Waals surface area contributed by atoms with Gasteiger partial charge >= 0.3 is 6.09 Å². The molecule has 7 rings (SSSR count). The van der Waals surface area contributed by atoms with E-state index in [9.17, 15) is 19.6 Å². The van der Waals surface area contributed by atoms with Crippen molar-refractivity contribution >= 4 is 40.3 Å². The number of aromatic amines is 1. The van der Waals surface area contributed by atoms with Crippen molar-refractivity contribution in [3.63, 3.8) is 0 Å². The number of ketones is 1. The number of likely N-dealkylation sites (tertiary alicyclic amines) is 1. The molecule has 0 unspecified atom stereocenters. The summed E-state index contributed by atoms with van der Waals surface area (Å²) in [6.45, 7) is 18.3. The molecule has 13 heteroatoms. The van der Waals surface area contributed by atoms with Crippen LogP contribution in [0, 0.1) is 23.2 Å². The number of H-pyrrole nitrogens is 1. The highest BCUT2D eigenvalue weighted by Gasteiger charge is 2.41. The number of nitrogens with one attached hydrogen (secondary N) is 3. The van der Waals surface area contributed by atoms with Crippen LogP contribution in [0.25, 0.3) is 10.9 Å². The number of carbonyl (C=O) groups excluding carboxylic acids is 3. The van der Waals surface area contributed by atoms with Crippen molar-refractivity contribution < 1.29 is 19.1 Å². The first-order chi connectivity index (χ1) is 29.1. The molecule has 4 heterocycles. The third-order valence-corrected chi connectivity index (χ3v) is 13.2. The van der Waals surface area contributed by atoms with E-state index in [0.29, 0.717) is 37.4 Å². The topological polar surface area (TPSA) is 174 Å². The summed E-state index contributed by atoms with van der Waals surface area (Å²) in [5.41, 5.74) is 12.3. The van der Waals surface area contributed by atoms with Gasteiger partial charge < -0.3 is 40.5 Å². The van der Waals surface area contributed by atoms with Gasteiger partial charge in [-0.1, -0.05) is 26.8 Å². The normalized spacial score (nSPS) is 17.7. The number of nitrogens with two attached hydrogens (primary N) is 1. The number of nitriles is 1. The average molecular weight is 832 g/mol. The molecule has 2 aromatic carbocycles. The summed E-state index contributed by atoms with van der Waals surface area (Å²) in [6, 6.07) is 11.5. The second-order valence-electron chi connectivity index (χ2n) is 19.0. The molecular formula is C48H65N9O4. The van der Waals surface area contributed by atoms with Gasteiger partial charge in [0.05, 0.1) is 17.2 Å². The molecule has 2 saturated heterocycles. The number of aryl methyl sites for hydroxylation is 2. The molecule has 0 radical (unpaired) electrons. The van der Waals surface area contributed by atoms with E-state index in [1.165, 1.54) is 43.4 Å². The lowest BCUT2D eigenvalue weighted by Gasteiger charge is -2.39. The largest absolute Gasteiger partial charge is 0.444 e. The van der Waals surface area contributed by atoms with E-state index in [1.54, 1.807) is 39.2 Å². The van der Waals surface area contributed by atoms with Crippen molar-refractivity contribution in [3.05, 3.63) is 76.2 Å². The third kappa shape index (κ3) is 9.91. The number of fused-ring (bicyclic) bond motifs is 4. The summed E-state index contributed by atoms with van der Waals surface area (Å²) >= 11 is 0. The zero-order valence-corrected chi connectivity index (χ0v) is 37.0. The molecule has 4 aromatic rings. The number of rotatable bonds is 14. The van der Waals surface area contributed by atoms with Crippen LogP contribution in [0.4, 0.5) is 16.4 Å². The Balaban J connectivity index is 0.863. The van der Waals surface area contributed by atoms with Crippen LogP contribution in [0.2, 0.25) is 0 Å². The molecular weight excluding hydrogens is 767 g/mol. The third-order valence-electron chi connectivity index (χ3n) is 13.2. The van der Waals surface area contributed by atoms with Crippen molar-refractivity contribution in [2.24, 2.45) is 11.8 Å². The Bertz CT molecular complexity index is 2260. The number of aromatic nitrogens is 3. The number of hydrogen-bond acceptors (Lipinski definition) is 9. The smallest absolute Gasteiger partial charge is 0.408 e. The maximum absolute atomic E-state index is 14.1. The van der Waals surface area contributed by atoms with Gasteiger partial charge in [-0.15, -0.1) is 0 Å². The Morgan fingerprint density at radius 2 is 1.77 bits per heavy atom. The van der Waals surface area contributed by atoms with Crippen LogP contribution in [0.1, 0.15) is 131 Å². The van der Waals surface area contributed by atoms with Crippen molar-refractivity contribution in [1.82, 2.24) is 30.1 Å². The zero-order chi connectivity index (χ0) is 43.5. The van der Waals surface area contributed by atoms with Gasteiger partial charge in [-0.05, 0) is 145 Å². The Labute approximate surface area is 360 Å². The molecule has 5 N–H and O–H groups in total. The molecule has 0 spiro atoms. The van der Waals surface area contributed by atoms with Gasteiger partial charge in [-0.3, -0.25) is 9.59 Å². The number of nitrogen functional groups attached to an aromatic ring is 1. The number of nitrogens with zero attached hydrogens (tertiary/aromatic N) is 5. The van der Waals surface area contributed by atoms with Crippen molar-refractivity contribution in [2.75, 3.05) is 49.9 Å². The van der Waals surface area contributed by atoms with Crippen LogP contribution in [0.3, 0.4) is 0 Å². The summed E-state index contributed by atoms with van der Waals surface area (Å²) in [5, 5.41) is 16.2. The van der Waals surface area contributed by atoms with Crippen molar-refractivity contribution in [3.8, 4) is 6.07 Å². The predicted octanol–water partition coefficient (Wildman–Crippen LogP) is 7.45. The molecule has 326 valence electrons. The number of alkyl carbamates (subject to hydrolysis) is 1. The Hall–Kier alpha value is -5.35. The highest BCUT2D eigenvalue weighted by molar-refractivity contribution is 6.20. The van der Waals surface area contributed by atoms with Gasteiger partial charge in [0.2, 0.25) is 5.91 Å². The number of amides is 2. The van der Waals surface area contributed by atoms with Crippen LogP contribution in [-0.2, 0) is 27.9 Å². The number of carbonyl (C=O) groups is 3. The molecule has 0 bridgehead atoms. The fourth-order valence-electron chi connectivity index (χ4n) is 9.83. The second-order valence-corrected chi connectivity index (χ2v) is 19.0. The van der Waals surface area contributed by atoms with E-state index in [-0.39, 0.29) is 11.7 Å². The van der Waals surface area contributed by atoms with Crippen LogP contribution in [0.5, 0.6) is 0 Å². The van der Waals surface area contributed by atoms with Crippen LogP contribution < -0.4 is 21.3 Å². The maximum Gasteiger partial charge on any atom is 0.408 e. The molecule has 0 saturated carbocycles. The minimum atomic E-state index is -0.706. The Morgan fingerprint density at radius 3 is 2.43 bits per heavy atom. The molecule has 2 amide bonds. The first kappa shape index (κ1) is 43.7. The SMILES string of the molecule is CCc1cc2c(cc1N1CCC(CC3CCN(CCCNC(=O)[C@H](CCCn4ccnc4N)NC(=O)OC(C)(C)C)CC3)CC1)C(C)(C)c1[nH]c3cc(C#N)ccc3c1C2=O. The fraction of sp³-hybridized carbons (Fsp3) is 0.562. The van der Waals surface area contributed by atoms with E-state index in [0.717, 1.165) is 90.7 Å². The molecule has 13 nitrogen and oxygen atoms in total. The predicted molar refractivity (Wildman–Crippen MR) is 240 cm³/mol. The van der Waals surface area contributed by atoms with Crippen molar-refractivity contribution in [1.29, 1.82) is 5.26 Å². The number of benzene rings is 2. The molecule has 2 aromatic heterocycles. The average Bonchev–Trinajstić information content (AvgIpc) is 3.84. The van der Waals surface area contributed by atoms with E-state index in [2.05, 4.69) is 69.4 Å². The van der Waals surface area contributed by atoms with Crippen molar-refractivity contribution in [2.45, 2.75) is 123 Å². The molecule has 1 aliphatic carbocycles. The minimum Gasteiger partial charge on any atom is -0.444 e. The summed E-state index contributed by atoms with van der Waals surface area (Å²) in [5.74, 6) is 1.74. The summed E-state index contributed by atoms with van der Waals surface area (Å²) in [7, 11) is 0. The molecule has 61 heavy (non-hydrogen) atoms. The number of ether oxygens (including phenoxy) is 1. The molecule has 3 aliphatic rings. The minimum absolute atomic E-state index is 0.0664. The standard InChI is InChI=1S/C48H65N9O4/c1-7-34-28-36-37(48(5,6)43-41(42(36)58)35-12-11-33(30-49)27-39(35)53-43)29-40(34)56-23-15-32(16-24-56)26-31-13-21-55(22-14-31)19-9-17-51-44(59)38(54-46(60)61-47(2,3)4)10-8-20-57-25-18-52-45(57)50/h11-12,18,25,27-29,31-32,38,53H,7-10,13-17,19-24,26H2,1-6H3,(H2,50,52)(H,51,59)(H,54,60)/t38-/m0/s1. The quantitative estimate of drug-likeness (QED) is 0.0942. The second kappa shape index (κ2) is 18.3. The summed E-state index contributed by atoms with van der Waals surface area (Å²) < 4.78 is 7.27. The highest BCUT2D eigenvalue weighted by Crippen LogP contribution is 2.46. The van der Waals surface area contributed by atoms with Gasteiger partial charge in [0.1, 0.15) is 11.6 Å². The Morgan fingerprint density at radius 1 is 1.05 bits per heavy atom. The van der Waals surface area contributed by atoms with Gasteiger partial charge in [0.15, 0.2) is 11.7 Å². The Kier molecular flexibility index (Phi) is 13.1. The van der Waals surface area contributed by atoms with E-state index in [4.69, 9.17) is 10.5 Å².